The van der Waals surface area contributed by atoms with E-state index in [-0.39, 0.29) is 5.91 Å². The maximum absolute atomic E-state index is 11.5. The Morgan fingerprint density at radius 3 is 2.62 bits per heavy atom. The first-order valence-electron chi connectivity index (χ1n) is 6.55. The van der Waals surface area contributed by atoms with Crippen LogP contribution in [0.3, 0.4) is 0 Å². The second-order valence-electron chi connectivity index (χ2n) is 4.51. The number of nitrogens with one attached hydrogen (secondary N) is 2. The van der Waals surface area contributed by atoms with Gasteiger partial charge < -0.3 is 10.6 Å². The molecule has 2 rings (SSSR count). The van der Waals surface area contributed by atoms with Crippen LogP contribution in [0.2, 0.25) is 5.02 Å². The Kier molecular flexibility index (Phi) is 5.96. The Bertz CT molecular complexity index is 604. The largest absolute Gasteiger partial charge is 0.380 e. The summed E-state index contributed by atoms with van der Waals surface area (Å²) in [6.07, 6.45) is 1.89. The molecule has 0 aliphatic rings. The minimum Gasteiger partial charge on any atom is -0.380 e. The quantitative estimate of drug-likeness (QED) is 0.836. The average molecular weight is 321 g/mol. The lowest BCUT2D eigenvalue weighted by atomic mass is 10.2. The van der Waals surface area contributed by atoms with Crippen LogP contribution in [0.5, 0.6) is 0 Å². The van der Waals surface area contributed by atoms with Crippen LogP contribution in [0, 0.1) is 0 Å². The third kappa shape index (κ3) is 4.99. The molecule has 0 heterocycles. The lowest BCUT2D eigenvalue weighted by molar-refractivity contribution is -0.113. The van der Waals surface area contributed by atoms with E-state index < -0.39 is 0 Å². The molecule has 0 bridgehead atoms. The number of hydrogen-bond donors (Lipinski definition) is 2. The van der Waals surface area contributed by atoms with Crippen molar-refractivity contribution in [2.24, 2.45) is 0 Å². The van der Waals surface area contributed by atoms with Gasteiger partial charge in [0, 0.05) is 12.2 Å². The van der Waals surface area contributed by atoms with Crippen molar-refractivity contribution in [3.63, 3.8) is 0 Å². The monoisotopic (exact) mass is 320 g/mol. The summed E-state index contributed by atoms with van der Waals surface area (Å²) in [5, 5.41) is 6.69. The van der Waals surface area contributed by atoms with Crippen LogP contribution in [-0.4, -0.2) is 17.9 Å². The zero-order valence-corrected chi connectivity index (χ0v) is 13.3. The maximum atomic E-state index is 11.5. The number of amides is 1. The summed E-state index contributed by atoms with van der Waals surface area (Å²) in [4.78, 5) is 11.5. The van der Waals surface area contributed by atoms with Crippen LogP contribution < -0.4 is 10.6 Å². The van der Waals surface area contributed by atoms with Crippen molar-refractivity contribution in [3.8, 4) is 0 Å². The molecule has 0 unspecified atom stereocenters. The summed E-state index contributed by atoms with van der Waals surface area (Å²) < 4.78 is 0. The van der Waals surface area contributed by atoms with Gasteiger partial charge in [0.15, 0.2) is 0 Å². The van der Waals surface area contributed by atoms with Gasteiger partial charge in [-0.15, -0.1) is 0 Å². The molecule has 0 saturated carbocycles. The highest BCUT2D eigenvalue weighted by Gasteiger charge is 2.05. The summed E-state index contributed by atoms with van der Waals surface area (Å²) in [5.41, 5.74) is 2.75. The molecule has 2 aromatic carbocycles. The third-order valence-corrected chi connectivity index (χ3v) is 3.72. The molecule has 5 heteroatoms. The first-order chi connectivity index (χ1) is 10.2. The van der Waals surface area contributed by atoms with Crippen molar-refractivity contribution >= 4 is 40.6 Å². The van der Waals surface area contributed by atoms with Crippen molar-refractivity contribution in [3.05, 3.63) is 59.1 Å². The molecule has 0 radical (unpaired) electrons. The van der Waals surface area contributed by atoms with Crippen LogP contribution in [0.15, 0.2) is 48.5 Å². The molecule has 3 nitrogen and oxygen atoms in total. The Hall–Kier alpha value is -1.65. The standard InChI is InChI=1S/C16H17ClN2OS/c1-21-11-16(20)19-13-7-8-15(14(17)9-13)18-10-12-5-3-2-4-6-12/h2-9,18H,10-11H2,1H3,(H,19,20). The van der Waals surface area contributed by atoms with E-state index in [0.717, 1.165) is 5.69 Å². The zero-order valence-electron chi connectivity index (χ0n) is 11.7. The summed E-state index contributed by atoms with van der Waals surface area (Å²) >= 11 is 7.72. The van der Waals surface area contributed by atoms with Crippen LogP contribution in [0.4, 0.5) is 11.4 Å². The normalized spacial score (nSPS) is 10.2. The molecule has 0 saturated heterocycles. The number of rotatable bonds is 6. The summed E-state index contributed by atoms with van der Waals surface area (Å²) in [6.45, 7) is 0.707. The number of benzene rings is 2. The number of halogens is 1. The molecule has 0 spiro atoms. The molecule has 0 aliphatic carbocycles. The first-order valence-corrected chi connectivity index (χ1v) is 8.32. The van der Waals surface area contributed by atoms with Crippen LogP contribution in [0.1, 0.15) is 5.56 Å². The second kappa shape index (κ2) is 7.96. The highest BCUT2D eigenvalue weighted by Crippen LogP contribution is 2.26. The van der Waals surface area contributed by atoms with Gasteiger partial charge in [-0.3, -0.25) is 4.79 Å². The van der Waals surface area contributed by atoms with Gasteiger partial charge in [-0.05, 0) is 30.0 Å². The molecule has 1 amide bonds. The fourth-order valence-electron chi connectivity index (χ4n) is 1.86. The van der Waals surface area contributed by atoms with Gasteiger partial charge in [-0.25, -0.2) is 0 Å². The smallest absolute Gasteiger partial charge is 0.234 e. The molecule has 2 aromatic rings. The fraction of sp³-hybridized carbons (Fsp3) is 0.188. The average Bonchev–Trinajstić information content (AvgIpc) is 2.48. The van der Waals surface area contributed by atoms with Crippen molar-refractivity contribution < 1.29 is 4.79 Å². The molecule has 0 fully saturated rings. The summed E-state index contributed by atoms with van der Waals surface area (Å²) in [5.74, 6) is 0.412. The van der Waals surface area contributed by atoms with Crippen LogP contribution >= 0.6 is 23.4 Å². The molecule has 0 aliphatic heterocycles. The Labute approximate surface area is 134 Å². The van der Waals surface area contributed by atoms with Crippen molar-refractivity contribution in [2.45, 2.75) is 6.54 Å². The van der Waals surface area contributed by atoms with E-state index in [2.05, 4.69) is 22.8 Å². The van der Waals surface area contributed by atoms with E-state index in [1.54, 1.807) is 6.07 Å². The minimum absolute atomic E-state index is 0.0245. The Morgan fingerprint density at radius 2 is 1.95 bits per heavy atom. The molecule has 110 valence electrons. The second-order valence-corrected chi connectivity index (χ2v) is 5.79. The third-order valence-electron chi connectivity index (χ3n) is 2.85. The van der Waals surface area contributed by atoms with Crippen molar-refractivity contribution in [1.82, 2.24) is 0 Å². The van der Waals surface area contributed by atoms with Crippen LogP contribution in [-0.2, 0) is 11.3 Å². The van der Waals surface area contributed by atoms with Gasteiger partial charge in [-0.1, -0.05) is 41.9 Å². The molecule has 21 heavy (non-hydrogen) atoms. The van der Waals surface area contributed by atoms with Gasteiger partial charge in [0.25, 0.3) is 0 Å². The van der Waals surface area contributed by atoms with Crippen LogP contribution in [0.25, 0.3) is 0 Å². The number of carbonyl (C=O) groups excluding carboxylic acids is 1. The Balaban J connectivity index is 1.97. The lowest BCUT2D eigenvalue weighted by Gasteiger charge is -2.11. The van der Waals surface area contributed by atoms with E-state index in [1.807, 2.05) is 36.6 Å². The maximum Gasteiger partial charge on any atom is 0.234 e. The van der Waals surface area contributed by atoms with Crippen molar-refractivity contribution in [1.29, 1.82) is 0 Å². The number of anilines is 2. The number of hydrogen-bond acceptors (Lipinski definition) is 3. The summed E-state index contributed by atoms with van der Waals surface area (Å²) in [6, 6.07) is 15.6. The zero-order chi connectivity index (χ0) is 15.1. The predicted molar refractivity (Wildman–Crippen MR) is 92.2 cm³/mol. The highest BCUT2D eigenvalue weighted by atomic mass is 35.5. The van der Waals surface area contributed by atoms with Gasteiger partial charge in [0.1, 0.15) is 0 Å². The fourth-order valence-corrected chi connectivity index (χ4v) is 2.44. The highest BCUT2D eigenvalue weighted by molar-refractivity contribution is 7.99. The van der Waals surface area contributed by atoms with Gasteiger partial charge >= 0.3 is 0 Å². The van der Waals surface area contributed by atoms with E-state index >= 15 is 0 Å². The Morgan fingerprint density at radius 1 is 1.19 bits per heavy atom. The van der Waals surface area contributed by atoms with E-state index in [9.17, 15) is 4.79 Å². The molecular formula is C16H17ClN2OS. The van der Waals surface area contributed by atoms with E-state index in [4.69, 9.17) is 11.6 Å². The molecule has 0 atom stereocenters. The van der Waals surface area contributed by atoms with Gasteiger partial charge in [-0.2, -0.15) is 11.8 Å². The van der Waals surface area contributed by atoms with Gasteiger partial charge in [0.2, 0.25) is 5.91 Å². The summed E-state index contributed by atoms with van der Waals surface area (Å²) in [7, 11) is 0. The lowest BCUT2D eigenvalue weighted by Crippen LogP contribution is -2.13. The topological polar surface area (TPSA) is 41.1 Å². The van der Waals surface area contributed by atoms with Crippen molar-refractivity contribution in [2.75, 3.05) is 22.6 Å². The minimum atomic E-state index is -0.0245. The van der Waals surface area contributed by atoms with E-state index in [1.165, 1.54) is 17.3 Å². The predicted octanol–water partition coefficient (Wildman–Crippen LogP) is 4.25. The SMILES string of the molecule is CSCC(=O)Nc1ccc(NCc2ccccc2)c(Cl)c1. The molecule has 2 N–H and O–H groups in total. The molecular weight excluding hydrogens is 304 g/mol. The number of thioether (sulfide) groups is 1. The molecule has 0 aromatic heterocycles. The van der Waals surface area contributed by atoms with E-state index in [0.29, 0.717) is 23.0 Å². The first kappa shape index (κ1) is 15.7. The number of carbonyl (C=O) groups is 1. The van der Waals surface area contributed by atoms with Gasteiger partial charge in [0.05, 0.1) is 16.5 Å².